The fourth-order valence-corrected chi connectivity index (χ4v) is 1.50. The lowest BCUT2D eigenvalue weighted by Gasteiger charge is -2.19. The van der Waals surface area contributed by atoms with Gasteiger partial charge in [0.1, 0.15) is 5.60 Å². The smallest absolute Gasteiger partial charge is 0.316 e. The minimum absolute atomic E-state index is 0.181. The van der Waals surface area contributed by atoms with Crippen LogP contribution >= 0.6 is 11.8 Å². The molecule has 0 aromatic rings. The Morgan fingerprint density at radius 3 is 2.64 bits per heavy atom. The molecule has 80 valence electrons. The third kappa shape index (κ3) is 9.40. The quantitative estimate of drug-likeness (QED) is 0.522. The Labute approximate surface area is 89.8 Å². The number of hydrogen-bond donors (Lipinski definition) is 0. The van der Waals surface area contributed by atoms with Gasteiger partial charge < -0.3 is 4.74 Å². The Hall–Kier alpha value is -0.690. The first-order chi connectivity index (χ1) is 6.45. The molecule has 0 bridgehead atoms. The lowest BCUT2D eigenvalue weighted by Crippen LogP contribution is -2.25. The molecule has 0 N–H and O–H groups in total. The van der Waals surface area contributed by atoms with Crippen molar-refractivity contribution in [2.24, 2.45) is 0 Å². The van der Waals surface area contributed by atoms with E-state index in [0.717, 1.165) is 12.2 Å². The van der Waals surface area contributed by atoms with Crippen LogP contribution in [0.1, 0.15) is 33.6 Å². The van der Waals surface area contributed by atoms with E-state index in [1.807, 2.05) is 20.8 Å². The highest BCUT2D eigenvalue weighted by Crippen LogP contribution is 2.10. The molecule has 0 aromatic carbocycles. The van der Waals surface area contributed by atoms with Crippen molar-refractivity contribution in [2.45, 2.75) is 39.2 Å². The van der Waals surface area contributed by atoms with Gasteiger partial charge in [-0.15, -0.1) is 0 Å². The van der Waals surface area contributed by atoms with Crippen molar-refractivity contribution in [1.29, 1.82) is 5.26 Å². The number of hydrogen-bond acceptors (Lipinski definition) is 4. The summed E-state index contributed by atoms with van der Waals surface area (Å²) in [5.74, 6) is 1.04. The van der Waals surface area contributed by atoms with Crippen molar-refractivity contribution in [2.75, 3.05) is 11.5 Å². The number of carbonyl (C=O) groups excluding carboxylic acids is 1. The third-order valence-electron chi connectivity index (χ3n) is 1.22. The second kappa shape index (κ2) is 6.72. The fraction of sp³-hybridized carbons (Fsp3) is 0.800. The molecule has 4 heteroatoms. The van der Waals surface area contributed by atoms with Gasteiger partial charge in [-0.2, -0.15) is 17.0 Å². The van der Waals surface area contributed by atoms with Crippen LogP contribution in [0.5, 0.6) is 0 Å². The van der Waals surface area contributed by atoms with Gasteiger partial charge in [-0.05, 0) is 32.9 Å². The maximum Gasteiger partial charge on any atom is 0.316 e. The Kier molecular flexibility index (Phi) is 6.39. The van der Waals surface area contributed by atoms with Crippen LogP contribution in [-0.4, -0.2) is 23.1 Å². The van der Waals surface area contributed by atoms with Crippen LogP contribution in [0.4, 0.5) is 0 Å². The first kappa shape index (κ1) is 13.3. The van der Waals surface area contributed by atoms with E-state index in [1.54, 1.807) is 0 Å². The third-order valence-corrected chi connectivity index (χ3v) is 2.23. The molecule has 14 heavy (non-hydrogen) atoms. The largest absolute Gasteiger partial charge is 0.459 e. The van der Waals surface area contributed by atoms with Crippen LogP contribution in [0.25, 0.3) is 0 Å². The molecule has 0 unspecified atom stereocenters. The normalized spacial score (nSPS) is 10.7. The number of nitriles is 1. The van der Waals surface area contributed by atoms with Crippen molar-refractivity contribution in [3.63, 3.8) is 0 Å². The number of rotatable bonds is 5. The molecule has 0 saturated heterocycles. The highest BCUT2D eigenvalue weighted by atomic mass is 32.2. The number of thioether (sulfide) groups is 1. The summed E-state index contributed by atoms with van der Waals surface area (Å²) < 4.78 is 5.12. The zero-order valence-electron chi connectivity index (χ0n) is 9.00. The predicted molar refractivity (Wildman–Crippen MR) is 58.0 cm³/mol. The van der Waals surface area contributed by atoms with E-state index in [1.165, 1.54) is 11.8 Å². The van der Waals surface area contributed by atoms with Gasteiger partial charge in [0.05, 0.1) is 11.8 Å². The van der Waals surface area contributed by atoms with Gasteiger partial charge in [0.15, 0.2) is 0 Å². The van der Waals surface area contributed by atoms with Gasteiger partial charge in [-0.25, -0.2) is 0 Å². The summed E-state index contributed by atoms with van der Waals surface area (Å²) >= 11 is 1.52. The Morgan fingerprint density at radius 2 is 2.14 bits per heavy atom. The van der Waals surface area contributed by atoms with Crippen LogP contribution in [0.15, 0.2) is 0 Å². The van der Waals surface area contributed by atoms with Crippen molar-refractivity contribution < 1.29 is 9.53 Å². The van der Waals surface area contributed by atoms with Crippen molar-refractivity contribution in [1.82, 2.24) is 0 Å². The second-order valence-corrected chi connectivity index (χ2v) is 5.01. The highest BCUT2D eigenvalue weighted by Gasteiger charge is 2.15. The van der Waals surface area contributed by atoms with E-state index in [-0.39, 0.29) is 5.97 Å². The van der Waals surface area contributed by atoms with E-state index >= 15 is 0 Å². The summed E-state index contributed by atoms with van der Waals surface area (Å²) in [5, 5.41) is 8.28. The molecule has 0 aromatic heterocycles. The molecule has 0 radical (unpaired) electrons. The first-order valence-corrected chi connectivity index (χ1v) is 5.78. The summed E-state index contributed by atoms with van der Waals surface area (Å²) in [6.07, 6.45) is 1.39. The average molecular weight is 215 g/mol. The standard InChI is InChI=1S/C10H17NO2S/c1-10(2,3)13-9(12)8-14-7-5-4-6-11/h4-5,7-8H2,1-3H3. The average Bonchev–Trinajstić information content (AvgIpc) is 2.00. The maximum atomic E-state index is 11.2. The van der Waals surface area contributed by atoms with E-state index < -0.39 is 5.60 Å². The molecular formula is C10H17NO2S. The van der Waals surface area contributed by atoms with Gasteiger partial charge in [0.25, 0.3) is 0 Å². The number of carbonyl (C=O) groups is 1. The number of nitrogens with zero attached hydrogens (tertiary/aromatic N) is 1. The molecule has 0 rings (SSSR count). The molecule has 0 aliphatic carbocycles. The van der Waals surface area contributed by atoms with Crippen molar-refractivity contribution in [3.05, 3.63) is 0 Å². The van der Waals surface area contributed by atoms with Gasteiger partial charge in [-0.1, -0.05) is 0 Å². The lowest BCUT2D eigenvalue weighted by molar-refractivity contribution is -0.151. The van der Waals surface area contributed by atoms with Crippen molar-refractivity contribution >= 4 is 17.7 Å². The second-order valence-electron chi connectivity index (χ2n) is 3.90. The SMILES string of the molecule is CC(C)(C)OC(=O)CSCCCC#N. The predicted octanol–water partition coefficient (Wildman–Crippen LogP) is 2.37. The molecule has 0 fully saturated rings. The van der Waals surface area contributed by atoms with E-state index in [2.05, 4.69) is 6.07 Å². The van der Waals surface area contributed by atoms with Crippen LogP contribution in [-0.2, 0) is 9.53 Å². The van der Waals surface area contributed by atoms with Crippen LogP contribution < -0.4 is 0 Å². The minimum atomic E-state index is -0.399. The maximum absolute atomic E-state index is 11.2. The highest BCUT2D eigenvalue weighted by molar-refractivity contribution is 7.99. The Morgan fingerprint density at radius 1 is 1.50 bits per heavy atom. The van der Waals surface area contributed by atoms with E-state index in [4.69, 9.17) is 10.00 Å². The Balaban J connectivity index is 3.42. The Bertz CT molecular complexity index is 215. The zero-order valence-corrected chi connectivity index (χ0v) is 9.82. The van der Waals surface area contributed by atoms with Gasteiger partial charge in [-0.3, -0.25) is 4.79 Å². The summed E-state index contributed by atoms with van der Waals surface area (Å²) in [5.41, 5.74) is -0.399. The van der Waals surface area contributed by atoms with Crippen LogP contribution in [0, 0.1) is 11.3 Å². The molecule has 3 nitrogen and oxygen atoms in total. The van der Waals surface area contributed by atoms with E-state index in [9.17, 15) is 4.79 Å². The number of esters is 1. The monoisotopic (exact) mass is 215 g/mol. The molecule has 0 heterocycles. The lowest BCUT2D eigenvalue weighted by atomic mass is 10.2. The number of ether oxygens (including phenoxy) is 1. The van der Waals surface area contributed by atoms with Crippen molar-refractivity contribution in [3.8, 4) is 6.07 Å². The van der Waals surface area contributed by atoms with Gasteiger partial charge in [0, 0.05) is 6.42 Å². The van der Waals surface area contributed by atoms with E-state index in [0.29, 0.717) is 12.2 Å². The topological polar surface area (TPSA) is 50.1 Å². The minimum Gasteiger partial charge on any atom is -0.459 e. The van der Waals surface area contributed by atoms with Crippen LogP contribution in [0.3, 0.4) is 0 Å². The fourth-order valence-electron chi connectivity index (χ4n) is 0.780. The summed E-state index contributed by atoms with van der Waals surface area (Å²) in [7, 11) is 0. The molecule has 0 aliphatic heterocycles. The van der Waals surface area contributed by atoms with Gasteiger partial charge in [0.2, 0.25) is 0 Å². The zero-order chi connectivity index (χ0) is 11.0. The molecule has 0 spiro atoms. The summed E-state index contributed by atoms with van der Waals surface area (Å²) in [4.78, 5) is 11.2. The first-order valence-electron chi connectivity index (χ1n) is 4.62. The molecule has 0 aliphatic rings. The molecular weight excluding hydrogens is 198 g/mol. The summed E-state index contributed by atoms with van der Waals surface area (Å²) in [6.45, 7) is 5.56. The van der Waals surface area contributed by atoms with Crippen LogP contribution in [0.2, 0.25) is 0 Å². The molecule has 0 atom stereocenters. The molecule has 0 amide bonds. The molecule has 0 saturated carbocycles. The summed E-state index contributed by atoms with van der Waals surface area (Å²) in [6, 6.07) is 2.06. The number of unbranched alkanes of at least 4 members (excludes halogenated alkanes) is 1. The van der Waals surface area contributed by atoms with Gasteiger partial charge >= 0.3 is 5.97 Å².